The van der Waals surface area contributed by atoms with Crippen LogP contribution in [-0.2, 0) is 6.42 Å². The number of para-hydroxylation sites is 1. The minimum Gasteiger partial charge on any atom is -0.294 e. The van der Waals surface area contributed by atoms with Crippen LogP contribution >= 0.6 is 0 Å². The standard InChI is InChI=1S/C15H12FNO3/c1-10-6-7-12(13(16)8-10)15(18)9-11-4-2-3-5-14(11)17(19)20/h2-8H,9H2,1H3. The SMILES string of the molecule is Cc1ccc(C(=O)Cc2ccccc2[N+](=O)[O-])c(F)c1. The van der Waals surface area contributed by atoms with Crippen LogP contribution in [0, 0.1) is 22.9 Å². The van der Waals surface area contributed by atoms with Crippen molar-refractivity contribution < 1.29 is 14.1 Å². The average Bonchev–Trinajstić information content (AvgIpc) is 2.38. The molecule has 0 N–H and O–H groups in total. The van der Waals surface area contributed by atoms with E-state index in [4.69, 9.17) is 0 Å². The largest absolute Gasteiger partial charge is 0.294 e. The van der Waals surface area contributed by atoms with E-state index < -0.39 is 16.5 Å². The maximum Gasteiger partial charge on any atom is 0.273 e. The molecule has 2 rings (SSSR count). The predicted octanol–water partition coefficient (Wildman–Crippen LogP) is 3.47. The van der Waals surface area contributed by atoms with Crippen molar-refractivity contribution in [2.75, 3.05) is 0 Å². The summed E-state index contributed by atoms with van der Waals surface area (Å²) in [6.45, 7) is 1.72. The van der Waals surface area contributed by atoms with Crippen molar-refractivity contribution in [1.82, 2.24) is 0 Å². The van der Waals surface area contributed by atoms with Crippen LogP contribution in [0.3, 0.4) is 0 Å². The number of carbonyl (C=O) groups excluding carboxylic acids is 1. The number of ketones is 1. The van der Waals surface area contributed by atoms with Gasteiger partial charge in [-0.15, -0.1) is 0 Å². The molecule has 0 bridgehead atoms. The Kier molecular flexibility index (Phi) is 3.89. The fourth-order valence-electron chi connectivity index (χ4n) is 1.95. The highest BCUT2D eigenvalue weighted by molar-refractivity contribution is 5.98. The van der Waals surface area contributed by atoms with Gasteiger partial charge >= 0.3 is 0 Å². The third-order valence-electron chi connectivity index (χ3n) is 2.96. The molecule has 0 saturated carbocycles. The first-order valence-electron chi connectivity index (χ1n) is 6.00. The Bertz CT molecular complexity index is 683. The molecule has 0 amide bonds. The van der Waals surface area contributed by atoms with Crippen molar-refractivity contribution >= 4 is 11.5 Å². The molecule has 0 saturated heterocycles. The molecule has 0 aliphatic rings. The van der Waals surface area contributed by atoms with Crippen LogP contribution in [0.1, 0.15) is 21.5 Å². The Morgan fingerprint density at radius 3 is 2.60 bits per heavy atom. The number of Topliss-reactive ketones (excluding diaryl/α,β-unsaturated/α-hetero) is 1. The second-order valence-electron chi connectivity index (χ2n) is 4.47. The quantitative estimate of drug-likeness (QED) is 0.487. The smallest absolute Gasteiger partial charge is 0.273 e. The van der Waals surface area contributed by atoms with Crippen LogP contribution in [0.2, 0.25) is 0 Å². The van der Waals surface area contributed by atoms with Gasteiger partial charge in [0.15, 0.2) is 5.78 Å². The molecule has 0 aliphatic heterocycles. The lowest BCUT2D eigenvalue weighted by Crippen LogP contribution is -2.08. The fourth-order valence-corrected chi connectivity index (χ4v) is 1.95. The van der Waals surface area contributed by atoms with E-state index in [9.17, 15) is 19.3 Å². The topological polar surface area (TPSA) is 60.2 Å². The molecular formula is C15H12FNO3. The Labute approximate surface area is 115 Å². The Balaban J connectivity index is 2.30. The van der Waals surface area contributed by atoms with Gasteiger partial charge in [-0.05, 0) is 24.6 Å². The van der Waals surface area contributed by atoms with E-state index in [0.717, 1.165) is 0 Å². The number of halogens is 1. The molecule has 2 aromatic carbocycles. The van der Waals surface area contributed by atoms with Gasteiger partial charge in [-0.2, -0.15) is 0 Å². The van der Waals surface area contributed by atoms with E-state index in [1.807, 2.05) is 0 Å². The van der Waals surface area contributed by atoms with Crippen LogP contribution < -0.4 is 0 Å². The summed E-state index contributed by atoms with van der Waals surface area (Å²) in [6, 6.07) is 10.3. The number of rotatable bonds is 4. The van der Waals surface area contributed by atoms with Crippen LogP contribution in [0.15, 0.2) is 42.5 Å². The van der Waals surface area contributed by atoms with Crippen LogP contribution in [-0.4, -0.2) is 10.7 Å². The van der Waals surface area contributed by atoms with Gasteiger partial charge in [-0.3, -0.25) is 14.9 Å². The summed E-state index contributed by atoms with van der Waals surface area (Å²) in [5.41, 5.74) is 0.814. The molecule has 0 radical (unpaired) electrons. The van der Waals surface area contributed by atoms with Crippen molar-refractivity contribution in [2.24, 2.45) is 0 Å². The lowest BCUT2D eigenvalue weighted by atomic mass is 10.0. The van der Waals surface area contributed by atoms with Gasteiger partial charge < -0.3 is 0 Å². The van der Waals surface area contributed by atoms with Crippen LogP contribution in [0.4, 0.5) is 10.1 Å². The lowest BCUT2D eigenvalue weighted by Gasteiger charge is -2.04. The molecule has 0 fully saturated rings. The summed E-state index contributed by atoms with van der Waals surface area (Å²) in [5, 5.41) is 10.9. The van der Waals surface area contributed by atoms with Gasteiger partial charge in [0, 0.05) is 18.1 Å². The number of nitro benzene ring substituents is 1. The Morgan fingerprint density at radius 1 is 1.25 bits per heavy atom. The van der Waals surface area contributed by atoms with Crippen LogP contribution in [0.5, 0.6) is 0 Å². The van der Waals surface area contributed by atoms with Crippen molar-refractivity contribution in [3.8, 4) is 0 Å². The minimum atomic E-state index is -0.603. The average molecular weight is 273 g/mol. The number of nitrogens with zero attached hydrogens (tertiary/aromatic N) is 1. The number of benzene rings is 2. The highest BCUT2D eigenvalue weighted by Crippen LogP contribution is 2.20. The summed E-state index contributed by atoms with van der Waals surface area (Å²) in [6.07, 6.45) is -0.197. The molecule has 4 nitrogen and oxygen atoms in total. The monoisotopic (exact) mass is 273 g/mol. The molecule has 0 unspecified atom stereocenters. The number of nitro groups is 1. The van der Waals surface area contributed by atoms with E-state index >= 15 is 0 Å². The second kappa shape index (κ2) is 5.61. The Hall–Kier alpha value is -2.56. The van der Waals surface area contributed by atoms with Gasteiger partial charge in [-0.1, -0.05) is 24.3 Å². The van der Waals surface area contributed by atoms with E-state index in [0.29, 0.717) is 5.56 Å². The van der Waals surface area contributed by atoms with Gasteiger partial charge in [0.1, 0.15) is 5.82 Å². The number of hydrogen-bond acceptors (Lipinski definition) is 3. The van der Waals surface area contributed by atoms with Crippen molar-refractivity contribution in [3.63, 3.8) is 0 Å². The van der Waals surface area contributed by atoms with E-state index in [-0.39, 0.29) is 23.2 Å². The minimum absolute atomic E-state index is 0.0475. The van der Waals surface area contributed by atoms with Gasteiger partial charge in [0.2, 0.25) is 0 Å². The molecule has 0 heterocycles. The van der Waals surface area contributed by atoms with Gasteiger partial charge in [-0.25, -0.2) is 4.39 Å². The maximum atomic E-state index is 13.7. The maximum absolute atomic E-state index is 13.7. The van der Waals surface area contributed by atoms with Crippen molar-refractivity contribution in [3.05, 3.63) is 75.1 Å². The summed E-state index contributed by atoms with van der Waals surface area (Å²) < 4.78 is 13.7. The molecule has 20 heavy (non-hydrogen) atoms. The fraction of sp³-hybridized carbons (Fsp3) is 0.133. The first-order chi connectivity index (χ1) is 9.49. The zero-order valence-corrected chi connectivity index (χ0v) is 10.8. The van der Waals surface area contributed by atoms with E-state index in [1.54, 1.807) is 19.1 Å². The summed E-state index contributed by atoms with van der Waals surface area (Å²) in [5.74, 6) is -1.08. The molecule has 0 atom stereocenters. The number of carbonyl (C=O) groups is 1. The summed E-state index contributed by atoms with van der Waals surface area (Å²) >= 11 is 0. The van der Waals surface area contributed by atoms with E-state index in [2.05, 4.69) is 0 Å². The van der Waals surface area contributed by atoms with Crippen molar-refractivity contribution in [2.45, 2.75) is 13.3 Å². The zero-order valence-electron chi connectivity index (χ0n) is 10.8. The lowest BCUT2D eigenvalue weighted by molar-refractivity contribution is -0.385. The molecule has 0 aromatic heterocycles. The summed E-state index contributed by atoms with van der Waals surface area (Å²) in [7, 11) is 0. The first kappa shape index (κ1) is 13.9. The zero-order chi connectivity index (χ0) is 14.7. The molecule has 0 aliphatic carbocycles. The normalized spacial score (nSPS) is 10.3. The number of hydrogen-bond donors (Lipinski definition) is 0. The Morgan fingerprint density at radius 2 is 1.95 bits per heavy atom. The molecule has 102 valence electrons. The summed E-state index contributed by atoms with van der Waals surface area (Å²) in [4.78, 5) is 22.4. The van der Waals surface area contributed by atoms with Gasteiger partial charge in [0.05, 0.1) is 10.5 Å². The van der Waals surface area contributed by atoms with Gasteiger partial charge in [0.25, 0.3) is 5.69 Å². The predicted molar refractivity (Wildman–Crippen MR) is 72.3 cm³/mol. The molecule has 0 spiro atoms. The third-order valence-corrected chi connectivity index (χ3v) is 2.96. The van der Waals surface area contributed by atoms with Crippen LogP contribution in [0.25, 0.3) is 0 Å². The third kappa shape index (κ3) is 2.88. The highest BCUT2D eigenvalue weighted by atomic mass is 19.1. The highest BCUT2D eigenvalue weighted by Gasteiger charge is 2.18. The first-order valence-corrected chi connectivity index (χ1v) is 6.00. The number of aryl methyl sites for hydroxylation is 1. The molecule has 2 aromatic rings. The van der Waals surface area contributed by atoms with Crippen molar-refractivity contribution in [1.29, 1.82) is 0 Å². The second-order valence-corrected chi connectivity index (χ2v) is 4.47. The molecule has 5 heteroatoms. The van der Waals surface area contributed by atoms with E-state index in [1.165, 1.54) is 30.3 Å². The molecular weight excluding hydrogens is 261 g/mol.